The van der Waals surface area contributed by atoms with Crippen LogP contribution in [-0.4, -0.2) is 24.1 Å². The molecule has 1 aromatic carbocycles. The van der Waals surface area contributed by atoms with E-state index in [-0.39, 0.29) is 11.7 Å². The minimum atomic E-state index is -0.545. The summed E-state index contributed by atoms with van der Waals surface area (Å²) in [5.41, 5.74) is 0.857. The molecule has 21 heavy (non-hydrogen) atoms. The van der Waals surface area contributed by atoms with Gasteiger partial charge in [0.25, 0.3) is 0 Å². The number of benzene rings is 1. The number of hydrogen-bond acceptors (Lipinski definition) is 4. The maximum atomic E-state index is 6.06. The summed E-state index contributed by atoms with van der Waals surface area (Å²) < 4.78 is 11.8. The number of rotatable bonds is 6. The number of hydrogen-bond donors (Lipinski definition) is 0. The van der Waals surface area contributed by atoms with Crippen molar-refractivity contribution in [3.05, 3.63) is 35.9 Å². The van der Waals surface area contributed by atoms with E-state index < -0.39 is 5.79 Å². The monoisotopic (exact) mass is 292 g/mol. The highest BCUT2D eigenvalue weighted by Gasteiger charge is 2.53. The first-order valence-corrected chi connectivity index (χ1v) is 7.76. The molecule has 2 saturated heterocycles. The third kappa shape index (κ3) is 3.46. The summed E-state index contributed by atoms with van der Waals surface area (Å²) >= 11 is 0. The van der Waals surface area contributed by atoms with Gasteiger partial charge in [-0.1, -0.05) is 30.3 Å². The Bertz CT molecular complexity index is 459. The van der Waals surface area contributed by atoms with Crippen molar-refractivity contribution in [2.45, 2.75) is 63.6 Å². The molecule has 3 rings (SSSR count). The second-order valence-corrected chi connectivity index (χ2v) is 6.47. The summed E-state index contributed by atoms with van der Waals surface area (Å²) in [6.45, 7) is 5.38. The maximum absolute atomic E-state index is 6.06. The van der Waals surface area contributed by atoms with Gasteiger partial charge >= 0.3 is 0 Å². The summed E-state index contributed by atoms with van der Waals surface area (Å²) in [4.78, 5) is 11.1. The zero-order valence-corrected chi connectivity index (χ0v) is 12.8. The minimum absolute atomic E-state index is 0.136. The Morgan fingerprint density at radius 2 is 2.00 bits per heavy atom. The largest absolute Gasteiger partial charge is 0.377 e. The van der Waals surface area contributed by atoms with Crippen LogP contribution in [-0.2, 0) is 25.9 Å². The van der Waals surface area contributed by atoms with Crippen molar-refractivity contribution in [1.82, 2.24) is 0 Å². The second-order valence-electron chi connectivity index (χ2n) is 6.47. The number of ether oxygens (including phenoxy) is 2. The molecular formula is C17H24O4. The summed E-state index contributed by atoms with van der Waals surface area (Å²) in [6, 6.07) is 10.2. The predicted octanol–water partition coefficient (Wildman–Crippen LogP) is 3.60. The van der Waals surface area contributed by atoms with Gasteiger partial charge in [0.2, 0.25) is 5.79 Å². The fourth-order valence-electron chi connectivity index (χ4n) is 2.95. The van der Waals surface area contributed by atoms with Crippen molar-refractivity contribution in [3.63, 3.8) is 0 Å². The summed E-state index contributed by atoms with van der Waals surface area (Å²) in [7, 11) is 0. The Balaban J connectivity index is 1.39. The molecule has 0 spiro atoms. The van der Waals surface area contributed by atoms with Gasteiger partial charge in [-0.25, -0.2) is 9.78 Å². The number of fused-ring (bicyclic) bond motifs is 2. The van der Waals surface area contributed by atoms with Crippen LogP contribution in [0.25, 0.3) is 0 Å². The summed E-state index contributed by atoms with van der Waals surface area (Å²) in [6.07, 6.45) is 3.76. The van der Waals surface area contributed by atoms with Crippen molar-refractivity contribution in [2.24, 2.45) is 0 Å². The lowest BCUT2D eigenvalue weighted by atomic mass is 9.99. The van der Waals surface area contributed by atoms with Gasteiger partial charge in [0, 0.05) is 19.4 Å². The molecule has 4 nitrogen and oxygen atoms in total. The van der Waals surface area contributed by atoms with E-state index >= 15 is 0 Å². The molecule has 0 N–H and O–H groups in total. The smallest absolute Gasteiger partial charge is 0.202 e. The van der Waals surface area contributed by atoms with E-state index in [4.69, 9.17) is 19.2 Å². The van der Waals surface area contributed by atoms with Crippen LogP contribution in [0.5, 0.6) is 0 Å². The van der Waals surface area contributed by atoms with Crippen LogP contribution in [0.3, 0.4) is 0 Å². The Kier molecular flexibility index (Phi) is 4.31. The molecule has 0 unspecified atom stereocenters. The lowest BCUT2D eigenvalue weighted by Crippen LogP contribution is -2.49. The molecule has 4 heteroatoms. The Morgan fingerprint density at radius 3 is 2.81 bits per heavy atom. The van der Waals surface area contributed by atoms with Gasteiger partial charge in [0.15, 0.2) is 0 Å². The standard InChI is InChI=1S/C17H24O4/c1-16(2)15-9-11-17(19-15,21-20-16)10-6-12-18-13-14-7-4-3-5-8-14/h3-5,7-8,15H,6,9-13H2,1-2H3/t15-,17+/m0/s1. The highest BCUT2D eigenvalue weighted by atomic mass is 17.3. The van der Waals surface area contributed by atoms with E-state index in [9.17, 15) is 0 Å². The van der Waals surface area contributed by atoms with Gasteiger partial charge in [0.1, 0.15) is 5.60 Å². The van der Waals surface area contributed by atoms with Crippen LogP contribution < -0.4 is 0 Å². The molecule has 2 aliphatic heterocycles. The van der Waals surface area contributed by atoms with E-state index in [1.54, 1.807) is 0 Å². The van der Waals surface area contributed by atoms with Crippen molar-refractivity contribution >= 4 is 0 Å². The molecule has 2 bridgehead atoms. The summed E-state index contributed by atoms with van der Waals surface area (Å²) in [5, 5.41) is 0. The van der Waals surface area contributed by atoms with E-state index in [2.05, 4.69) is 12.1 Å². The highest BCUT2D eigenvalue weighted by Crippen LogP contribution is 2.45. The van der Waals surface area contributed by atoms with Gasteiger partial charge < -0.3 is 9.47 Å². The molecule has 2 atom stereocenters. The third-order valence-corrected chi connectivity index (χ3v) is 4.29. The molecule has 0 amide bonds. The van der Waals surface area contributed by atoms with Crippen molar-refractivity contribution < 1.29 is 19.2 Å². The van der Waals surface area contributed by atoms with Gasteiger partial charge in [0.05, 0.1) is 12.7 Å². The average Bonchev–Trinajstić information content (AvgIpc) is 2.87. The van der Waals surface area contributed by atoms with Crippen LogP contribution in [0.1, 0.15) is 45.1 Å². The van der Waals surface area contributed by atoms with E-state index in [1.165, 1.54) is 5.56 Å². The van der Waals surface area contributed by atoms with Gasteiger partial charge in [-0.2, -0.15) is 0 Å². The van der Waals surface area contributed by atoms with Crippen molar-refractivity contribution in [3.8, 4) is 0 Å². The van der Waals surface area contributed by atoms with Crippen LogP contribution in [0.2, 0.25) is 0 Å². The molecule has 2 heterocycles. The molecule has 0 saturated carbocycles. The van der Waals surface area contributed by atoms with Crippen LogP contribution in [0.15, 0.2) is 30.3 Å². The van der Waals surface area contributed by atoms with E-state index in [0.717, 1.165) is 25.7 Å². The molecule has 116 valence electrons. The Morgan fingerprint density at radius 1 is 1.19 bits per heavy atom. The molecule has 2 fully saturated rings. The van der Waals surface area contributed by atoms with Crippen LogP contribution in [0.4, 0.5) is 0 Å². The van der Waals surface area contributed by atoms with E-state index in [1.807, 2.05) is 32.0 Å². The quantitative estimate of drug-likeness (QED) is 0.593. The molecule has 0 aromatic heterocycles. The lowest BCUT2D eigenvalue weighted by Gasteiger charge is -2.40. The maximum Gasteiger partial charge on any atom is 0.202 e. The Labute approximate surface area is 126 Å². The minimum Gasteiger partial charge on any atom is -0.377 e. The fraction of sp³-hybridized carbons (Fsp3) is 0.647. The molecule has 2 aliphatic rings. The molecule has 1 aromatic rings. The van der Waals surface area contributed by atoms with Crippen molar-refractivity contribution in [2.75, 3.05) is 6.61 Å². The van der Waals surface area contributed by atoms with Crippen molar-refractivity contribution in [1.29, 1.82) is 0 Å². The second kappa shape index (κ2) is 6.05. The molecular weight excluding hydrogens is 268 g/mol. The van der Waals surface area contributed by atoms with E-state index in [0.29, 0.717) is 13.2 Å². The zero-order chi connectivity index (χ0) is 14.8. The highest BCUT2D eigenvalue weighted by molar-refractivity contribution is 5.13. The van der Waals surface area contributed by atoms with Crippen LogP contribution in [0, 0.1) is 0 Å². The zero-order valence-electron chi connectivity index (χ0n) is 12.8. The SMILES string of the molecule is CC1(C)OO[C@]2(CCCOCc3ccccc3)CC[C@@H]1O2. The van der Waals surface area contributed by atoms with Gasteiger partial charge in [-0.15, -0.1) is 0 Å². The van der Waals surface area contributed by atoms with Gasteiger partial charge in [-0.3, -0.25) is 0 Å². The molecule has 0 radical (unpaired) electrons. The predicted molar refractivity (Wildman–Crippen MR) is 78.4 cm³/mol. The molecule has 0 aliphatic carbocycles. The fourth-order valence-corrected chi connectivity index (χ4v) is 2.95. The Hall–Kier alpha value is -0.940. The van der Waals surface area contributed by atoms with Crippen LogP contribution >= 0.6 is 0 Å². The normalized spacial score (nSPS) is 30.5. The first-order chi connectivity index (χ1) is 10.1. The first kappa shape index (κ1) is 15.0. The third-order valence-electron chi connectivity index (χ3n) is 4.29. The van der Waals surface area contributed by atoms with Gasteiger partial charge in [-0.05, 0) is 32.3 Å². The lowest BCUT2D eigenvalue weighted by molar-refractivity contribution is -0.506. The summed E-state index contributed by atoms with van der Waals surface area (Å²) in [5.74, 6) is -0.545. The topological polar surface area (TPSA) is 36.9 Å². The average molecular weight is 292 g/mol. The first-order valence-electron chi connectivity index (χ1n) is 7.76.